The summed E-state index contributed by atoms with van der Waals surface area (Å²) in [6.07, 6.45) is 0.444. The van der Waals surface area contributed by atoms with Crippen LogP contribution in [0.15, 0.2) is 42.5 Å². The molecule has 5 heteroatoms. The van der Waals surface area contributed by atoms with Gasteiger partial charge >= 0.3 is 0 Å². The molecule has 1 saturated heterocycles. The first-order chi connectivity index (χ1) is 12.5. The molecule has 26 heavy (non-hydrogen) atoms. The molecule has 1 atom stereocenters. The summed E-state index contributed by atoms with van der Waals surface area (Å²) >= 11 is 0. The molecule has 0 aliphatic carbocycles. The number of hydrogen-bond donors (Lipinski definition) is 1. The first-order valence-electron chi connectivity index (χ1n) is 8.78. The highest BCUT2D eigenvalue weighted by atomic mass is 16.5. The molecule has 0 spiro atoms. The van der Waals surface area contributed by atoms with Gasteiger partial charge in [-0.3, -0.25) is 9.59 Å². The summed E-state index contributed by atoms with van der Waals surface area (Å²) in [5.74, 6) is 0.863. The fraction of sp³-hybridized carbons (Fsp3) is 0.333. The van der Waals surface area contributed by atoms with Gasteiger partial charge in [-0.1, -0.05) is 6.07 Å². The number of anilines is 1. The largest absolute Gasteiger partial charge is 0.497 e. The molecule has 1 N–H and O–H groups in total. The van der Waals surface area contributed by atoms with E-state index in [-0.39, 0.29) is 17.7 Å². The molecule has 3 rings (SSSR count). The number of nitrogens with one attached hydrogen (secondary N) is 1. The fourth-order valence-corrected chi connectivity index (χ4v) is 3.15. The van der Waals surface area contributed by atoms with Crippen molar-refractivity contribution >= 4 is 17.5 Å². The Morgan fingerprint density at radius 1 is 1.15 bits per heavy atom. The summed E-state index contributed by atoms with van der Waals surface area (Å²) in [6, 6.07) is 13.1. The Labute approximate surface area is 154 Å². The molecule has 2 aromatic carbocycles. The van der Waals surface area contributed by atoms with Crippen LogP contribution < -0.4 is 15.0 Å². The number of methoxy groups -OCH3 is 1. The Kier molecular flexibility index (Phi) is 5.26. The van der Waals surface area contributed by atoms with Crippen molar-refractivity contribution in [3.63, 3.8) is 0 Å². The summed E-state index contributed by atoms with van der Waals surface area (Å²) in [5.41, 5.74) is 3.78. The zero-order chi connectivity index (χ0) is 18.7. The van der Waals surface area contributed by atoms with E-state index in [0.29, 0.717) is 25.1 Å². The highest BCUT2D eigenvalue weighted by Gasteiger charge is 2.30. The van der Waals surface area contributed by atoms with Gasteiger partial charge < -0.3 is 15.0 Å². The first-order valence-corrected chi connectivity index (χ1v) is 8.78. The van der Waals surface area contributed by atoms with E-state index in [0.717, 1.165) is 22.6 Å². The van der Waals surface area contributed by atoms with Gasteiger partial charge in [0.15, 0.2) is 0 Å². The first kappa shape index (κ1) is 18.0. The lowest BCUT2D eigenvalue weighted by molar-refractivity contribution is -0.117. The van der Waals surface area contributed by atoms with Crippen LogP contribution in [-0.4, -0.2) is 32.0 Å². The Hall–Kier alpha value is -2.82. The monoisotopic (exact) mass is 352 g/mol. The van der Waals surface area contributed by atoms with Crippen LogP contribution in [-0.2, 0) is 4.79 Å². The standard InChI is InChI=1S/C21H24N2O3/c1-14-4-5-17(10-15(14)2)21(25)22-12-16-11-20(24)23(13-16)18-6-8-19(26-3)9-7-18/h4-10,16H,11-13H2,1-3H3,(H,22,25)/t16-/m1/s1. The molecule has 136 valence electrons. The maximum Gasteiger partial charge on any atom is 0.251 e. The summed E-state index contributed by atoms with van der Waals surface area (Å²) in [7, 11) is 1.62. The average Bonchev–Trinajstić information content (AvgIpc) is 3.02. The molecule has 0 radical (unpaired) electrons. The van der Waals surface area contributed by atoms with Gasteiger partial charge in [0.05, 0.1) is 7.11 Å². The Morgan fingerprint density at radius 2 is 1.88 bits per heavy atom. The smallest absolute Gasteiger partial charge is 0.251 e. The number of aryl methyl sites for hydroxylation is 2. The topological polar surface area (TPSA) is 58.6 Å². The minimum atomic E-state index is -0.0940. The second-order valence-corrected chi connectivity index (χ2v) is 6.78. The molecule has 2 aromatic rings. The van der Waals surface area contributed by atoms with E-state index >= 15 is 0 Å². The lowest BCUT2D eigenvalue weighted by Gasteiger charge is -2.17. The van der Waals surface area contributed by atoms with E-state index in [1.54, 1.807) is 12.0 Å². The number of rotatable bonds is 5. The van der Waals surface area contributed by atoms with Crippen LogP contribution in [0.1, 0.15) is 27.9 Å². The van der Waals surface area contributed by atoms with Crippen molar-refractivity contribution in [1.82, 2.24) is 5.32 Å². The predicted molar refractivity (Wildman–Crippen MR) is 102 cm³/mol. The predicted octanol–water partition coefficient (Wildman–Crippen LogP) is 3.09. The van der Waals surface area contributed by atoms with Gasteiger partial charge in [-0.2, -0.15) is 0 Å². The van der Waals surface area contributed by atoms with Crippen LogP contribution in [0.4, 0.5) is 5.69 Å². The summed E-state index contributed by atoms with van der Waals surface area (Å²) < 4.78 is 5.15. The third-order valence-corrected chi connectivity index (χ3v) is 4.91. The minimum absolute atomic E-state index is 0.0839. The molecule has 5 nitrogen and oxygen atoms in total. The van der Waals surface area contributed by atoms with E-state index < -0.39 is 0 Å². The highest BCUT2D eigenvalue weighted by Crippen LogP contribution is 2.26. The molecule has 1 aliphatic rings. The van der Waals surface area contributed by atoms with Gasteiger partial charge in [0.25, 0.3) is 5.91 Å². The van der Waals surface area contributed by atoms with Crippen LogP contribution >= 0.6 is 0 Å². The van der Waals surface area contributed by atoms with Crippen LogP contribution in [0.25, 0.3) is 0 Å². The lowest BCUT2D eigenvalue weighted by Crippen LogP contribution is -2.31. The van der Waals surface area contributed by atoms with Crippen molar-refractivity contribution in [3.8, 4) is 5.75 Å². The number of carbonyl (C=O) groups excluding carboxylic acids is 2. The van der Waals surface area contributed by atoms with Crippen LogP contribution in [0.3, 0.4) is 0 Å². The second kappa shape index (κ2) is 7.60. The van der Waals surface area contributed by atoms with E-state index in [4.69, 9.17) is 4.74 Å². The highest BCUT2D eigenvalue weighted by molar-refractivity contribution is 5.96. The maximum atomic E-state index is 12.3. The Morgan fingerprint density at radius 3 is 2.54 bits per heavy atom. The summed E-state index contributed by atoms with van der Waals surface area (Å²) in [6.45, 7) is 5.12. The van der Waals surface area contributed by atoms with Gasteiger partial charge in [0.2, 0.25) is 5.91 Å². The number of amides is 2. The van der Waals surface area contributed by atoms with Crippen LogP contribution in [0.2, 0.25) is 0 Å². The molecule has 0 bridgehead atoms. The minimum Gasteiger partial charge on any atom is -0.497 e. The van der Waals surface area contributed by atoms with E-state index in [1.165, 1.54) is 0 Å². The third-order valence-electron chi connectivity index (χ3n) is 4.91. The van der Waals surface area contributed by atoms with Crippen LogP contribution in [0, 0.1) is 19.8 Å². The zero-order valence-electron chi connectivity index (χ0n) is 15.4. The zero-order valence-corrected chi connectivity index (χ0v) is 15.4. The quantitative estimate of drug-likeness (QED) is 0.900. The van der Waals surface area contributed by atoms with Crippen molar-refractivity contribution in [1.29, 1.82) is 0 Å². The molecule has 1 aliphatic heterocycles. The molecular formula is C21H24N2O3. The van der Waals surface area contributed by atoms with Crippen molar-refractivity contribution < 1.29 is 14.3 Å². The van der Waals surface area contributed by atoms with Crippen molar-refractivity contribution in [2.45, 2.75) is 20.3 Å². The van der Waals surface area contributed by atoms with Crippen LogP contribution in [0.5, 0.6) is 5.75 Å². The summed E-state index contributed by atoms with van der Waals surface area (Å²) in [5, 5.41) is 2.96. The Bertz CT molecular complexity index is 815. The number of carbonyl (C=O) groups is 2. The number of ether oxygens (including phenoxy) is 1. The average molecular weight is 352 g/mol. The molecule has 0 aromatic heterocycles. The lowest BCUT2D eigenvalue weighted by atomic mass is 10.1. The van der Waals surface area contributed by atoms with Gasteiger partial charge in [-0.25, -0.2) is 0 Å². The molecule has 0 unspecified atom stereocenters. The van der Waals surface area contributed by atoms with E-state index in [2.05, 4.69) is 5.32 Å². The fourth-order valence-electron chi connectivity index (χ4n) is 3.15. The van der Waals surface area contributed by atoms with E-state index in [9.17, 15) is 9.59 Å². The molecule has 2 amide bonds. The van der Waals surface area contributed by atoms with Gasteiger partial charge in [0, 0.05) is 36.7 Å². The number of nitrogens with zero attached hydrogens (tertiary/aromatic N) is 1. The maximum absolute atomic E-state index is 12.3. The molecule has 1 heterocycles. The number of hydrogen-bond acceptors (Lipinski definition) is 3. The SMILES string of the molecule is COc1ccc(N2C[C@@H](CNC(=O)c3ccc(C)c(C)c3)CC2=O)cc1. The number of benzene rings is 2. The van der Waals surface area contributed by atoms with Crippen molar-refractivity contribution in [2.75, 3.05) is 25.1 Å². The van der Waals surface area contributed by atoms with E-state index in [1.807, 2.05) is 56.3 Å². The second-order valence-electron chi connectivity index (χ2n) is 6.78. The molecule has 0 saturated carbocycles. The Balaban J connectivity index is 1.58. The third kappa shape index (κ3) is 3.87. The normalized spacial score (nSPS) is 16.7. The summed E-state index contributed by atoms with van der Waals surface area (Å²) in [4.78, 5) is 26.4. The van der Waals surface area contributed by atoms with Gasteiger partial charge in [-0.05, 0) is 61.4 Å². The van der Waals surface area contributed by atoms with Gasteiger partial charge in [0.1, 0.15) is 5.75 Å². The van der Waals surface area contributed by atoms with Crippen molar-refractivity contribution in [3.05, 3.63) is 59.2 Å². The molecule has 1 fully saturated rings. The molecular weight excluding hydrogens is 328 g/mol. The van der Waals surface area contributed by atoms with Gasteiger partial charge in [-0.15, -0.1) is 0 Å². The van der Waals surface area contributed by atoms with Crippen molar-refractivity contribution in [2.24, 2.45) is 5.92 Å².